The van der Waals surface area contributed by atoms with Gasteiger partial charge in [0.05, 0.1) is 13.0 Å². The Balaban J connectivity index is 1.59. The van der Waals surface area contributed by atoms with Crippen LogP contribution in [0.3, 0.4) is 0 Å². The van der Waals surface area contributed by atoms with E-state index in [1.165, 1.54) is 4.31 Å². The quantitative estimate of drug-likeness (QED) is 0.761. The Hall–Kier alpha value is -1.64. The predicted octanol–water partition coefficient (Wildman–Crippen LogP) is 2.25. The van der Waals surface area contributed by atoms with Gasteiger partial charge in [0.25, 0.3) is 10.2 Å². The highest BCUT2D eigenvalue weighted by Gasteiger charge is 2.38. The first-order valence-electron chi connectivity index (χ1n) is 10.5. The fraction of sp³-hybridized carbons (Fsp3) is 0.667. The number of benzene rings is 1. The Labute approximate surface area is 174 Å². The molecule has 2 aliphatic rings. The summed E-state index contributed by atoms with van der Waals surface area (Å²) in [5, 5.41) is 2.96. The number of piperidine rings is 2. The highest BCUT2D eigenvalue weighted by atomic mass is 32.2. The molecule has 0 aliphatic carbocycles. The number of carbonyl (C=O) groups is 1. The van der Waals surface area contributed by atoms with E-state index in [1.54, 1.807) is 11.4 Å². The van der Waals surface area contributed by atoms with Crippen LogP contribution in [0.1, 0.15) is 38.7 Å². The van der Waals surface area contributed by atoms with Crippen LogP contribution in [0.15, 0.2) is 24.3 Å². The maximum absolute atomic E-state index is 13.2. The van der Waals surface area contributed by atoms with Crippen molar-refractivity contribution in [1.29, 1.82) is 0 Å². The van der Waals surface area contributed by atoms with Crippen molar-refractivity contribution in [1.82, 2.24) is 13.9 Å². The maximum Gasteiger partial charge on any atom is 0.282 e. The second-order valence-corrected chi connectivity index (χ2v) is 10.5. The molecule has 1 N–H and O–H groups in total. The van der Waals surface area contributed by atoms with E-state index in [1.807, 2.05) is 24.3 Å². The van der Waals surface area contributed by atoms with Crippen LogP contribution in [-0.2, 0) is 21.5 Å². The molecule has 0 unspecified atom stereocenters. The van der Waals surface area contributed by atoms with Crippen LogP contribution in [-0.4, -0.2) is 56.2 Å². The number of methoxy groups -OCH3 is 1. The van der Waals surface area contributed by atoms with E-state index in [4.69, 9.17) is 4.74 Å². The molecule has 2 heterocycles. The molecule has 1 aromatic carbocycles. The van der Waals surface area contributed by atoms with Crippen molar-refractivity contribution in [2.75, 3.05) is 33.3 Å². The number of nitrogens with zero attached hydrogens (tertiary/aromatic N) is 2. The zero-order chi connectivity index (χ0) is 21.0. The van der Waals surface area contributed by atoms with Crippen molar-refractivity contribution in [3.05, 3.63) is 29.8 Å². The second-order valence-electron chi connectivity index (χ2n) is 8.54. The van der Waals surface area contributed by atoms with Crippen LogP contribution < -0.4 is 10.1 Å². The van der Waals surface area contributed by atoms with Crippen molar-refractivity contribution >= 4 is 16.1 Å². The van der Waals surface area contributed by atoms with Gasteiger partial charge in [-0.15, -0.1) is 0 Å². The first-order chi connectivity index (χ1) is 13.8. The van der Waals surface area contributed by atoms with E-state index in [0.29, 0.717) is 50.9 Å². The Kier molecular flexibility index (Phi) is 7.19. The zero-order valence-corrected chi connectivity index (χ0v) is 18.5. The summed E-state index contributed by atoms with van der Waals surface area (Å²) in [7, 11) is -1.91. The Morgan fingerprint density at radius 2 is 1.90 bits per heavy atom. The van der Waals surface area contributed by atoms with Gasteiger partial charge in [0.1, 0.15) is 5.75 Å². The van der Waals surface area contributed by atoms with E-state index >= 15 is 0 Å². The smallest absolute Gasteiger partial charge is 0.282 e. The normalized spacial score (nSPS) is 26.8. The molecule has 0 spiro atoms. The number of nitrogens with one attached hydrogen (secondary N) is 1. The summed E-state index contributed by atoms with van der Waals surface area (Å²) in [6.07, 6.45) is 2.47. The van der Waals surface area contributed by atoms with E-state index in [9.17, 15) is 13.2 Å². The molecular formula is C21H33N3O4S. The monoisotopic (exact) mass is 423 g/mol. The SMILES string of the molecule is COc1cccc(CNC(=O)[C@@H]2CCCN(S(=O)(=O)N3C[C@H](C)C[C@H](C)C3)C2)c1. The molecule has 1 amide bonds. The molecule has 0 aromatic heterocycles. The second kappa shape index (κ2) is 9.45. The van der Waals surface area contributed by atoms with Crippen molar-refractivity contribution < 1.29 is 17.9 Å². The number of rotatable bonds is 6. The van der Waals surface area contributed by atoms with Crippen LogP contribution in [0.5, 0.6) is 5.75 Å². The molecule has 3 atom stereocenters. The minimum absolute atomic E-state index is 0.0897. The summed E-state index contributed by atoms with van der Waals surface area (Å²) in [6.45, 7) is 6.48. The van der Waals surface area contributed by atoms with Crippen molar-refractivity contribution in [2.24, 2.45) is 17.8 Å². The molecule has 3 rings (SSSR count). The molecule has 8 heteroatoms. The Morgan fingerprint density at radius 1 is 1.17 bits per heavy atom. The van der Waals surface area contributed by atoms with E-state index in [0.717, 1.165) is 17.7 Å². The van der Waals surface area contributed by atoms with Crippen LogP contribution >= 0.6 is 0 Å². The van der Waals surface area contributed by atoms with Gasteiger partial charge in [-0.1, -0.05) is 26.0 Å². The molecule has 2 fully saturated rings. The van der Waals surface area contributed by atoms with Crippen molar-refractivity contribution in [3.8, 4) is 5.75 Å². The highest BCUT2D eigenvalue weighted by Crippen LogP contribution is 2.27. The van der Waals surface area contributed by atoms with Gasteiger partial charge >= 0.3 is 0 Å². The van der Waals surface area contributed by atoms with Crippen LogP contribution in [0.2, 0.25) is 0 Å². The zero-order valence-electron chi connectivity index (χ0n) is 17.6. The Morgan fingerprint density at radius 3 is 2.59 bits per heavy atom. The van der Waals surface area contributed by atoms with Crippen molar-refractivity contribution in [3.63, 3.8) is 0 Å². The highest BCUT2D eigenvalue weighted by molar-refractivity contribution is 7.86. The van der Waals surface area contributed by atoms with Gasteiger partial charge in [0, 0.05) is 32.7 Å². The summed E-state index contributed by atoms with van der Waals surface area (Å²) in [6, 6.07) is 7.56. The first kappa shape index (κ1) is 22.1. The minimum Gasteiger partial charge on any atom is -0.497 e. The van der Waals surface area contributed by atoms with Crippen LogP contribution in [0.4, 0.5) is 0 Å². The van der Waals surface area contributed by atoms with Crippen LogP contribution in [0, 0.1) is 17.8 Å². The van der Waals surface area contributed by atoms with E-state index < -0.39 is 10.2 Å². The lowest BCUT2D eigenvalue weighted by molar-refractivity contribution is -0.126. The molecule has 0 saturated carbocycles. The average Bonchev–Trinajstić information content (AvgIpc) is 2.71. The number of hydrogen-bond acceptors (Lipinski definition) is 4. The number of amides is 1. The van der Waals surface area contributed by atoms with Crippen molar-refractivity contribution in [2.45, 2.75) is 39.7 Å². The molecule has 7 nitrogen and oxygen atoms in total. The van der Waals surface area contributed by atoms with Gasteiger partial charge in [0.15, 0.2) is 0 Å². The molecule has 162 valence electrons. The molecule has 1 aromatic rings. The van der Waals surface area contributed by atoms with Gasteiger partial charge in [-0.05, 0) is 48.8 Å². The fourth-order valence-corrected chi connectivity index (χ4v) is 6.38. The third-order valence-electron chi connectivity index (χ3n) is 5.84. The van der Waals surface area contributed by atoms with Gasteiger partial charge in [-0.2, -0.15) is 17.0 Å². The lowest BCUT2D eigenvalue weighted by Gasteiger charge is -2.39. The molecular weight excluding hydrogens is 390 g/mol. The summed E-state index contributed by atoms with van der Waals surface area (Å²) < 4.78 is 34.6. The van der Waals surface area contributed by atoms with E-state index in [2.05, 4.69) is 19.2 Å². The van der Waals surface area contributed by atoms with Gasteiger partial charge in [0.2, 0.25) is 5.91 Å². The topological polar surface area (TPSA) is 79.0 Å². The number of carbonyl (C=O) groups excluding carboxylic acids is 1. The number of ether oxygens (including phenoxy) is 1. The molecule has 0 bridgehead atoms. The summed E-state index contributed by atoms with van der Waals surface area (Å²) in [5.74, 6) is 1.06. The molecule has 2 aliphatic heterocycles. The lowest BCUT2D eigenvalue weighted by Crippen LogP contribution is -2.53. The standard InChI is InChI=1S/C21H33N3O4S/c1-16-10-17(2)14-24(13-16)29(26,27)23-9-5-7-19(15-23)21(25)22-12-18-6-4-8-20(11-18)28-3/h4,6,8,11,16-17,19H,5,7,9-10,12-15H2,1-3H3,(H,22,25)/t16-,17+,19-/m1/s1. The molecule has 2 saturated heterocycles. The molecule has 29 heavy (non-hydrogen) atoms. The molecule has 0 radical (unpaired) electrons. The average molecular weight is 424 g/mol. The van der Waals surface area contributed by atoms with E-state index in [-0.39, 0.29) is 18.4 Å². The minimum atomic E-state index is -3.52. The largest absolute Gasteiger partial charge is 0.497 e. The first-order valence-corrected chi connectivity index (χ1v) is 11.8. The lowest BCUT2D eigenvalue weighted by atomic mass is 9.94. The summed E-state index contributed by atoms with van der Waals surface area (Å²) >= 11 is 0. The summed E-state index contributed by atoms with van der Waals surface area (Å²) in [5.41, 5.74) is 0.953. The maximum atomic E-state index is 13.2. The van der Waals surface area contributed by atoms with Gasteiger partial charge in [-0.3, -0.25) is 4.79 Å². The third kappa shape index (κ3) is 5.49. The predicted molar refractivity (Wildman–Crippen MR) is 113 cm³/mol. The van der Waals surface area contributed by atoms with Gasteiger partial charge in [-0.25, -0.2) is 0 Å². The van der Waals surface area contributed by atoms with Gasteiger partial charge < -0.3 is 10.1 Å². The Bertz CT molecular complexity index is 804. The van der Waals surface area contributed by atoms with Crippen LogP contribution in [0.25, 0.3) is 0 Å². The number of hydrogen-bond donors (Lipinski definition) is 1. The summed E-state index contributed by atoms with van der Waals surface area (Å²) in [4.78, 5) is 12.7. The fourth-order valence-electron chi connectivity index (χ4n) is 4.44. The third-order valence-corrected chi connectivity index (χ3v) is 7.78.